The molecule has 0 aliphatic heterocycles. The zero-order chi connectivity index (χ0) is 16.9. The van der Waals surface area contributed by atoms with Crippen LogP contribution in [0, 0.1) is 0 Å². The van der Waals surface area contributed by atoms with E-state index in [2.05, 4.69) is 36.8 Å². The number of rotatable bonds is 5. The Kier molecular flexibility index (Phi) is 5.07. The minimum atomic E-state index is -0.345. The molecule has 2 aromatic heterocycles. The molecule has 0 atom stereocenters. The number of carbonyl (C=O) groups excluding carboxylic acids is 2. The van der Waals surface area contributed by atoms with Gasteiger partial charge in [-0.3, -0.25) is 14.7 Å². The predicted octanol–water partition coefficient (Wildman–Crippen LogP) is 3.27. The van der Waals surface area contributed by atoms with Crippen molar-refractivity contribution in [1.29, 1.82) is 0 Å². The molecule has 3 N–H and O–H groups in total. The molecule has 24 heavy (non-hydrogen) atoms. The summed E-state index contributed by atoms with van der Waals surface area (Å²) in [5.74, 6) is -0.240. The molecule has 0 spiro atoms. The third-order valence-electron chi connectivity index (χ3n) is 3.13. The molecule has 0 saturated heterocycles. The van der Waals surface area contributed by atoms with Gasteiger partial charge in [0.15, 0.2) is 5.82 Å². The zero-order valence-corrected chi connectivity index (χ0v) is 14.8. The van der Waals surface area contributed by atoms with Crippen molar-refractivity contribution in [2.24, 2.45) is 0 Å². The highest BCUT2D eigenvalue weighted by molar-refractivity contribution is 9.10. The number of thiophene rings is 1. The van der Waals surface area contributed by atoms with Gasteiger partial charge in [0.05, 0.1) is 17.1 Å². The molecule has 0 radical (unpaired) electrons. The van der Waals surface area contributed by atoms with Crippen molar-refractivity contribution in [1.82, 2.24) is 15.5 Å². The molecule has 2 heterocycles. The Hall–Kier alpha value is -2.45. The van der Waals surface area contributed by atoms with Gasteiger partial charge in [-0.1, -0.05) is 28.1 Å². The molecule has 0 aliphatic rings. The van der Waals surface area contributed by atoms with E-state index in [1.807, 2.05) is 23.6 Å². The lowest BCUT2D eigenvalue weighted by molar-refractivity contribution is -0.115. The number of hydrogen-bond acceptors (Lipinski definition) is 4. The second-order valence-corrected chi connectivity index (χ2v) is 6.75. The van der Waals surface area contributed by atoms with Crippen LogP contribution in [0.25, 0.3) is 10.6 Å². The van der Waals surface area contributed by atoms with Gasteiger partial charge in [-0.05, 0) is 29.6 Å². The van der Waals surface area contributed by atoms with Crippen LogP contribution in [0.15, 0.2) is 52.3 Å². The van der Waals surface area contributed by atoms with Crippen LogP contribution in [-0.2, 0) is 4.79 Å². The van der Waals surface area contributed by atoms with Crippen LogP contribution in [0.3, 0.4) is 0 Å². The second-order valence-electron chi connectivity index (χ2n) is 4.89. The van der Waals surface area contributed by atoms with Gasteiger partial charge in [0.25, 0.3) is 5.91 Å². The number of aromatic nitrogens is 2. The number of nitrogens with zero attached hydrogens (tertiary/aromatic N) is 1. The number of hydrogen-bond donors (Lipinski definition) is 3. The summed E-state index contributed by atoms with van der Waals surface area (Å²) in [5, 5.41) is 14.1. The molecule has 3 aromatic rings. The zero-order valence-electron chi connectivity index (χ0n) is 12.4. The van der Waals surface area contributed by atoms with E-state index in [1.165, 1.54) is 0 Å². The largest absolute Gasteiger partial charge is 0.343 e. The maximum atomic E-state index is 12.0. The molecule has 0 aliphatic carbocycles. The van der Waals surface area contributed by atoms with Gasteiger partial charge in [-0.25, -0.2) is 0 Å². The van der Waals surface area contributed by atoms with Gasteiger partial charge in [-0.2, -0.15) is 5.10 Å². The van der Waals surface area contributed by atoms with E-state index in [9.17, 15) is 9.59 Å². The molecular weight excluding hydrogens is 392 g/mol. The number of aromatic amines is 1. The van der Waals surface area contributed by atoms with Crippen molar-refractivity contribution in [2.45, 2.75) is 0 Å². The summed E-state index contributed by atoms with van der Waals surface area (Å²) in [6, 6.07) is 12.6. The highest BCUT2D eigenvalue weighted by Gasteiger charge is 2.10. The summed E-state index contributed by atoms with van der Waals surface area (Å²) in [6.07, 6.45) is 0. The summed E-state index contributed by atoms with van der Waals surface area (Å²) in [6.45, 7) is -0.132. The van der Waals surface area contributed by atoms with Crippen molar-refractivity contribution < 1.29 is 9.59 Å². The Balaban J connectivity index is 1.53. The van der Waals surface area contributed by atoms with Crippen molar-refractivity contribution in [3.63, 3.8) is 0 Å². The number of H-pyrrole nitrogens is 1. The van der Waals surface area contributed by atoms with Crippen molar-refractivity contribution >= 4 is 44.9 Å². The lowest BCUT2D eigenvalue weighted by Crippen LogP contribution is -2.32. The van der Waals surface area contributed by atoms with Gasteiger partial charge in [0.2, 0.25) is 5.91 Å². The first-order valence-electron chi connectivity index (χ1n) is 7.05. The Labute approximate surface area is 150 Å². The highest BCUT2D eigenvalue weighted by Crippen LogP contribution is 2.24. The summed E-state index contributed by atoms with van der Waals surface area (Å²) >= 11 is 4.88. The lowest BCUT2D eigenvalue weighted by Gasteiger charge is -2.05. The average Bonchev–Trinajstić information content (AvgIpc) is 3.23. The van der Waals surface area contributed by atoms with Gasteiger partial charge in [0.1, 0.15) is 0 Å². The van der Waals surface area contributed by atoms with Gasteiger partial charge in [0, 0.05) is 16.1 Å². The molecule has 0 fully saturated rings. The van der Waals surface area contributed by atoms with Gasteiger partial charge >= 0.3 is 0 Å². The third-order valence-corrected chi connectivity index (χ3v) is 4.52. The van der Waals surface area contributed by atoms with Crippen LogP contribution < -0.4 is 10.6 Å². The summed E-state index contributed by atoms with van der Waals surface area (Å²) in [4.78, 5) is 24.9. The normalized spacial score (nSPS) is 10.4. The monoisotopic (exact) mass is 404 g/mol. The third kappa shape index (κ3) is 4.09. The van der Waals surface area contributed by atoms with Crippen LogP contribution in [0.5, 0.6) is 0 Å². The first-order chi connectivity index (χ1) is 11.6. The smallest absolute Gasteiger partial charge is 0.251 e. The van der Waals surface area contributed by atoms with Crippen LogP contribution in [0.4, 0.5) is 5.82 Å². The molecule has 0 saturated carbocycles. The van der Waals surface area contributed by atoms with E-state index in [0.29, 0.717) is 11.4 Å². The molecular formula is C16H13BrN4O2S. The van der Waals surface area contributed by atoms with E-state index in [-0.39, 0.29) is 18.4 Å². The van der Waals surface area contributed by atoms with Crippen molar-refractivity contribution in [2.75, 3.05) is 11.9 Å². The molecule has 3 rings (SSSR count). The van der Waals surface area contributed by atoms with Crippen molar-refractivity contribution in [3.8, 4) is 10.6 Å². The van der Waals surface area contributed by atoms with Crippen LogP contribution in [-0.4, -0.2) is 28.6 Å². The molecule has 6 nitrogen and oxygen atoms in total. The summed E-state index contributed by atoms with van der Waals surface area (Å²) in [7, 11) is 0. The Morgan fingerprint density at radius 1 is 1.21 bits per heavy atom. The van der Waals surface area contributed by atoms with Crippen molar-refractivity contribution in [3.05, 3.63) is 57.9 Å². The maximum Gasteiger partial charge on any atom is 0.251 e. The summed E-state index contributed by atoms with van der Waals surface area (Å²) < 4.78 is 0.803. The van der Waals surface area contributed by atoms with E-state index in [4.69, 9.17) is 0 Å². The number of anilines is 1. The van der Waals surface area contributed by atoms with E-state index in [0.717, 1.165) is 15.0 Å². The topological polar surface area (TPSA) is 86.9 Å². The highest BCUT2D eigenvalue weighted by atomic mass is 79.9. The molecule has 1 aromatic carbocycles. The molecule has 0 bridgehead atoms. The first kappa shape index (κ1) is 16.4. The quantitative estimate of drug-likeness (QED) is 0.609. The molecule has 8 heteroatoms. The number of carbonyl (C=O) groups is 2. The number of amides is 2. The Morgan fingerprint density at radius 2 is 2.08 bits per heavy atom. The minimum Gasteiger partial charge on any atom is -0.343 e. The van der Waals surface area contributed by atoms with E-state index < -0.39 is 0 Å². The Bertz CT molecular complexity index is 861. The molecule has 122 valence electrons. The van der Waals surface area contributed by atoms with Gasteiger partial charge in [-0.15, -0.1) is 11.3 Å². The van der Waals surface area contributed by atoms with Gasteiger partial charge < -0.3 is 10.6 Å². The van der Waals surface area contributed by atoms with Crippen LogP contribution in [0.1, 0.15) is 10.4 Å². The maximum absolute atomic E-state index is 12.0. The minimum absolute atomic E-state index is 0.132. The summed E-state index contributed by atoms with van der Waals surface area (Å²) in [5.41, 5.74) is 1.32. The van der Waals surface area contributed by atoms with Crippen LogP contribution in [0.2, 0.25) is 0 Å². The fourth-order valence-electron chi connectivity index (χ4n) is 2.02. The number of halogens is 1. The fraction of sp³-hybridized carbons (Fsp3) is 0.0625. The number of benzene rings is 1. The SMILES string of the molecule is O=C(CNC(=O)c1cccc(Br)c1)Nc1cc(-c2cccs2)[nH]n1. The second kappa shape index (κ2) is 7.41. The lowest BCUT2D eigenvalue weighted by atomic mass is 10.2. The molecule has 2 amide bonds. The Morgan fingerprint density at radius 3 is 2.83 bits per heavy atom. The standard InChI is InChI=1S/C16H13BrN4O2S/c17-11-4-1-3-10(7-11)16(23)18-9-15(22)19-14-8-12(20-21-14)13-5-2-6-24-13/h1-8H,9H2,(H,18,23)(H2,19,20,21,22). The fourth-order valence-corrected chi connectivity index (χ4v) is 3.11. The first-order valence-corrected chi connectivity index (χ1v) is 8.72. The van der Waals surface area contributed by atoms with E-state index >= 15 is 0 Å². The average molecular weight is 405 g/mol. The predicted molar refractivity (Wildman–Crippen MR) is 97.0 cm³/mol. The number of nitrogens with one attached hydrogen (secondary N) is 3. The molecule has 0 unspecified atom stereocenters. The van der Waals surface area contributed by atoms with E-state index in [1.54, 1.807) is 35.6 Å². The van der Waals surface area contributed by atoms with Crippen LogP contribution >= 0.6 is 27.3 Å².